The fourth-order valence-corrected chi connectivity index (χ4v) is 3.52. The first-order valence-electron chi connectivity index (χ1n) is 7.73. The third-order valence-corrected chi connectivity index (χ3v) is 5.36. The van der Waals surface area contributed by atoms with Gasteiger partial charge in [-0.05, 0) is 37.5 Å². The maximum atomic E-state index is 12.5. The first-order chi connectivity index (χ1) is 9.16. The lowest BCUT2D eigenvalue weighted by atomic mass is 9.78. The Hall–Kier alpha value is -0.320. The molecule has 0 bridgehead atoms. The van der Waals surface area contributed by atoms with Crippen LogP contribution in [-0.4, -0.2) is 32.2 Å². The number of rotatable bonds is 5. The van der Waals surface area contributed by atoms with Gasteiger partial charge < -0.3 is 15.8 Å². The van der Waals surface area contributed by atoms with Gasteiger partial charge in [-0.15, -0.1) is 12.4 Å². The molecule has 1 heterocycles. The minimum atomic E-state index is -0.383. The molecule has 1 aliphatic heterocycles. The number of amides is 1. The SMILES string of the molecule is CCC1(CNC(=O)C2(CN)CCOCC2)CCCC1.Cl. The minimum Gasteiger partial charge on any atom is -0.381 e. The van der Waals surface area contributed by atoms with Crippen molar-refractivity contribution in [3.8, 4) is 0 Å². The summed E-state index contributed by atoms with van der Waals surface area (Å²) in [6.07, 6.45) is 7.79. The van der Waals surface area contributed by atoms with Gasteiger partial charge in [0, 0.05) is 26.3 Å². The Morgan fingerprint density at radius 1 is 1.20 bits per heavy atom. The summed E-state index contributed by atoms with van der Waals surface area (Å²) in [7, 11) is 0. The van der Waals surface area contributed by atoms with Crippen molar-refractivity contribution in [2.24, 2.45) is 16.6 Å². The monoisotopic (exact) mass is 304 g/mol. The van der Waals surface area contributed by atoms with Gasteiger partial charge >= 0.3 is 0 Å². The van der Waals surface area contributed by atoms with Gasteiger partial charge in [-0.1, -0.05) is 19.8 Å². The summed E-state index contributed by atoms with van der Waals surface area (Å²) >= 11 is 0. The van der Waals surface area contributed by atoms with E-state index in [1.54, 1.807) is 0 Å². The molecule has 0 aromatic heterocycles. The van der Waals surface area contributed by atoms with E-state index in [1.165, 1.54) is 25.7 Å². The lowest BCUT2D eigenvalue weighted by Gasteiger charge is -2.36. The molecule has 1 saturated carbocycles. The van der Waals surface area contributed by atoms with Crippen LogP contribution in [0.3, 0.4) is 0 Å². The van der Waals surface area contributed by atoms with E-state index in [4.69, 9.17) is 10.5 Å². The first-order valence-corrected chi connectivity index (χ1v) is 7.73. The minimum absolute atomic E-state index is 0. The van der Waals surface area contributed by atoms with Crippen molar-refractivity contribution in [3.05, 3.63) is 0 Å². The van der Waals surface area contributed by atoms with E-state index in [2.05, 4.69) is 12.2 Å². The van der Waals surface area contributed by atoms with Gasteiger partial charge in [-0.25, -0.2) is 0 Å². The standard InChI is InChI=1S/C15H28N2O2.ClH/c1-2-14(5-3-4-6-14)12-17-13(18)15(11-16)7-9-19-10-8-15;/h2-12,16H2,1H3,(H,17,18);1H. The van der Waals surface area contributed by atoms with Gasteiger partial charge in [0.1, 0.15) is 0 Å². The number of hydrogen-bond donors (Lipinski definition) is 2. The number of hydrogen-bond acceptors (Lipinski definition) is 3. The molecule has 0 aromatic rings. The van der Waals surface area contributed by atoms with Crippen LogP contribution in [0.2, 0.25) is 0 Å². The van der Waals surface area contributed by atoms with Crippen LogP contribution in [0, 0.1) is 10.8 Å². The predicted octanol–water partition coefficient (Wildman–Crippen LogP) is 2.25. The number of ether oxygens (including phenoxy) is 1. The van der Waals surface area contributed by atoms with Gasteiger partial charge in [-0.2, -0.15) is 0 Å². The molecule has 0 spiro atoms. The molecular weight excluding hydrogens is 276 g/mol. The Kier molecular flexibility index (Phi) is 6.76. The summed E-state index contributed by atoms with van der Waals surface area (Å²) in [5.74, 6) is 0.151. The number of nitrogens with two attached hydrogens (primary N) is 1. The van der Waals surface area contributed by atoms with E-state index in [0.29, 0.717) is 25.2 Å². The van der Waals surface area contributed by atoms with Crippen molar-refractivity contribution >= 4 is 18.3 Å². The molecule has 4 nitrogen and oxygen atoms in total. The summed E-state index contributed by atoms with van der Waals surface area (Å²) in [6, 6.07) is 0. The first kappa shape index (κ1) is 17.7. The molecule has 2 fully saturated rings. The summed E-state index contributed by atoms with van der Waals surface area (Å²) in [5.41, 5.74) is 5.83. The second-order valence-corrected chi connectivity index (χ2v) is 6.34. The van der Waals surface area contributed by atoms with Crippen LogP contribution in [0.4, 0.5) is 0 Å². The van der Waals surface area contributed by atoms with Gasteiger partial charge in [0.15, 0.2) is 0 Å². The maximum absolute atomic E-state index is 12.5. The van der Waals surface area contributed by atoms with Crippen molar-refractivity contribution in [1.82, 2.24) is 5.32 Å². The van der Waals surface area contributed by atoms with Crippen molar-refractivity contribution in [2.75, 3.05) is 26.3 Å². The Balaban J connectivity index is 0.00000200. The van der Waals surface area contributed by atoms with Crippen LogP contribution in [0.25, 0.3) is 0 Å². The van der Waals surface area contributed by atoms with E-state index in [9.17, 15) is 4.79 Å². The zero-order valence-corrected chi connectivity index (χ0v) is 13.4. The number of halogens is 1. The van der Waals surface area contributed by atoms with Gasteiger partial charge in [0.2, 0.25) is 5.91 Å². The second kappa shape index (κ2) is 7.62. The second-order valence-electron chi connectivity index (χ2n) is 6.34. The molecule has 118 valence electrons. The lowest BCUT2D eigenvalue weighted by molar-refractivity contribution is -0.136. The molecule has 1 saturated heterocycles. The van der Waals surface area contributed by atoms with Crippen LogP contribution >= 0.6 is 12.4 Å². The summed E-state index contributed by atoms with van der Waals surface area (Å²) < 4.78 is 5.36. The molecule has 1 amide bonds. The molecule has 3 N–H and O–H groups in total. The average Bonchev–Trinajstić information content (AvgIpc) is 2.95. The molecule has 0 radical (unpaired) electrons. The van der Waals surface area contributed by atoms with Crippen LogP contribution in [-0.2, 0) is 9.53 Å². The Morgan fingerprint density at radius 2 is 1.80 bits per heavy atom. The molecule has 0 unspecified atom stereocenters. The number of carbonyl (C=O) groups excluding carboxylic acids is 1. The van der Waals surface area contributed by atoms with Gasteiger partial charge in [-0.3, -0.25) is 4.79 Å². The fourth-order valence-electron chi connectivity index (χ4n) is 3.52. The molecule has 2 aliphatic rings. The fraction of sp³-hybridized carbons (Fsp3) is 0.933. The highest BCUT2D eigenvalue weighted by molar-refractivity contribution is 5.85. The highest BCUT2D eigenvalue weighted by Crippen LogP contribution is 2.40. The van der Waals surface area contributed by atoms with Crippen LogP contribution in [0.15, 0.2) is 0 Å². The lowest BCUT2D eigenvalue weighted by Crippen LogP contribution is -2.51. The quantitative estimate of drug-likeness (QED) is 0.819. The zero-order chi connectivity index (χ0) is 13.8. The average molecular weight is 305 g/mol. The number of carbonyl (C=O) groups is 1. The van der Waals surface area contributed by atoms with Gasteiger partial charge in [0.05, 0.1) is 5.41 Å². The Morgan fingerprint density at radius 3 is 2.30 bits per heavy atom. The van der Waals surface area contributed by atoms with E-state index in [-0.39, 0.29) is 23.7 Å². The molecule has 0 atom stereocenters. The van der Waals surface area contributed by atoms with Crippen molar-refractivity contribution in [2.45, 2.75) is 51.9 Å². The largest absolute Gasteiger partial charge is 0.381 e. The predicted molar refractivity (Wildman–Crippen MR) is 83.0 cm³/mol. The third kappa shape index (κ3) is 3.66. The normalized spacial score (nSPS) is 23.9. The molecule has 20 heavy (non-hydrogen) atoms. The molecule has 5 heteroatoms. The highest BCUT2D eigenvalue weighted by atomic mass is 35.5. The van der Waals surface area contributed by atoms with Crippen LogP contribution < -0.4 is 11.1 Å². The van der Waals surface area contributed by atoms with E-state index in [0.717, 1.165) is 25.8 Å². The van der Waals surface area contributed by atoms with Crippen LogP contribution in [0.5, 0.6) is 0 Å². The highest BCUT2D eigenvalue weighted by Gasteiger charge is 2.40. The van der Waals surface area contributed by atoms with E-state index < -0.39 is 0 Å². The van der Waals surface area contributed by atoms with Gasteiger partial charge in [0.25, 0.3) is 0 Å². The maximum Gasteiger partial charge on any atom is 0.227 e. The summed E-state index contributed by atoms with van der Waals surface area (Å²) in [6.45, 7) is 4.81. The van der Waals surface area contributed by atoms with Crippen LogP contribution in [0.1, 0.15) is 51.9 Å². The molecule has 2 rings (SSSR count). The van der Waals surface area contributed by atoms with Crippen molar-refractivity contribution < 1.29 is 9.53 Å². The summed E-state index contributed by atoms with van der Waals surface area (Å²) in [5, 5.41) is 3.20. The van der Waals surface area contributed by atoms with Crippen molar-refractivity contribution in [3.63, 3.8) is 0 Å². The topological polar surface area (TPSA) is 64.4 Å². The van der Waals surface area contributed by atoms with E-state index >= 15 is 0 Å². The Bertz CT molecular complexity index is 311. The molecular formula is C15H29ClN2O2. The molecule has 0 aromatic carbocycles. The number of nitrogens with one attached hydrogen (secondary N) is 1. The molecule has 1 aliphatic carbocycles. The summed E-state index contributed by atoms with van der Waals surface area (Å²) in [4.78, 5) is 12.5. The zero-order valence-electron chi connectivity index (χ0n) is 12.6. The smallest absolute Gasteiger partial charge is 0.227 e. The third-order valence-electron chi connectivity index (χ3n) is 5.36. The van der Waals surface area contributed by atoms with E-state index in [1.807, 2.05) is 0 Å². The van der Waals surface area contributed by atoms with Crippen molar-refractivity contribution in [1.29, 1.82) is 0 Å². The Labute approximate surface area is 128 Å².